The van der Waals surface area contributed by atoms with Crippen molar-refractivity contribution in [1.82, 2.24) is 29.5 Å². The van der Waals surface area contributed by atoms with E-state index in [-0.39, 0.29) is 0 Å². The highest BCUT2D eigenvalue weighted by Crippen LogP contribution is 2.24. The van der Waals surface area contributed by atoms with E-state index < -0.39 is 11.9 Å². The third-order valence-corrected chi connectivity index (χ3v) is 5.70. The minimum absolute atomic E-state index is 0.639. The summed E-state index contributed by atoms with van der Waals surface area (Å²) >= 11 is 2.91. The Balaban J connectivity index is 0.000000192. The van der Waals surface area contributed by atoms with E-state index in [0.29, 0.717) is 11.4 Å². The number of rotatable bonds is 6. The molecule has 4 aromatic heterocycles. The lowest BCUT2D eigenvalue weighted by molar-refractivity contribution is -0.131. The summed E-state index contributed by atoms with van der Waals surface area (Å²) in [6, 6.07) is 0. The molecule has 4 aromatic rings. The molecule has 0 atom stereocenters. The predicted octanol–water partition coefficient (Wildman–Crippen LogP) is 4.04. The van der Waals surface area contributed by atoms with E-state index in [1.807, 2.05) is 37.2 Å². The van der Waals surface area contributed by atoms with E-state index in [0.717, 1.165) is 27.2 Å². The number of carboxylic acid groups (broad SMARTS) is 1. The van der Waals surface area contributed by atoms with Gasteiger partial charge in [0.1, 0.15) is 10.0 Å². The van der Waals surface area contributed by atoms with Gasteiger partial charge in [0.2, 0.25) is 5.91 Å². The minimum atomic E-state index is -0.976. The van der Waals surface area contributed by atoms with Crippen molar-refractivity contribution < 1.29 is 14.7 Å². The topological polar surface area (TPSA) is 165 Å². The second-order valence-corrected chi connectivity index (χ2v) is 8.21. The van der Waals surface area contributed by atoms with Crippen LogP contribution in [0.25, 0.3) is 43.7 Å². The zero-order valence-electron chi connectivity index (χ0n) is 17.9. The Labute approximate surface area is 200 Å². The Morgan fingerprint density at radius 3 is 1.88 bits per heavy atom. The molecule has 4 heterocycles. The lowest BCUT2D eigenvalue weighted by Gasteiger charge is -1.86. The van der Waals surface area contributed by atoms with Gasteiger partial charge in [0, 0.05) is 59.4 Å². The number of aliphatic carboxylic acids is 1. The SMILES string of the molecule is Cn1cc(-c2nc(/C=C/C(=O)N=[N+]=[N-])cs2)cn1.Cn1cc(-c2nc(/C=C/C(=O)O)cs2)cn1. The van der Waals surface area contributed by atoms with E-state index in [1.54, 1.807) is 21.8 Å². The summed E-state index contributed by atoms with van der Waals surface area (Å²) in [6.45, 7) is 0. The summed E-state index contributed by atoms with van der Waals surface area (Å²) in [7, 11) is 3.67. The van der Waals surface area contributed by atoms with E-state index in [9.17, 15) is 9.59 Å². The lowest BCUT2D eigenvalue weighted by atomic mass is 10.3. The average molecular weight is 496 g/mol. The van der Waals surface area contributed by atoms with Crippen molar-refractivity contribution in [2.75, 3.05) is 0 Å². The number of carboxylic acids is 1. The number of thiazole rings is 2. The maximum Gasteiger partial charge on any atom is 0.328 e. The highest BCUT2D eigenvalue weighted by molar-refractivity contribution is 7.13. The molecule has 0 saturated heterocycles. The molecule has 12 nitrogen and oxygen atoms in total. The zero-order valence-corrected chi connectivity index (χ0v) is 19.5. The molecule has 14 heteroatoms. The molecule has 0 aromatic carbocycles. The second-order valence-electron chi connectivity index (χ2n) is 6.49. The van der Waals surface area contributed by atoms with Crippen molar-refractivity contribution >= 4 is 46.7 Å². The molecular formula is C20H17N9O3S2. The second kappa shape index (κ2) is 11.5. The summed E-state index contributed by atoms with van der Waals surface area (Å²) in [4.78, 5) is 32.3. The number of carbonyl (C=O) groups excluding carboxylic acids is 1. The van der Waals surface area contributed by atoms with E-state index in [1.165, 1.54) is 40.9 Å². The molecule has 1 N–H and O–H groups in total. The van der Waals surface area contributed by atoms with Crippen LogP contribution in [-0.2, 0) is 23.7 Å². The molecule has 0 fully saturated rings. The fourth-order valence-corrected chi connectivity index (χ4v) is 3.97. The molecule has 0 saturated carbocycles. The molecule has 0 aliphatic heterocycles. The molecule has 172 valence electrons. The number of amides is 1. The first-order valence-corrected chi connectivity index (χ1v) is 11.2. The Bertz CT molecular complexity index is 1400. The van der Waals surface area contributed by atoms with Crippen molar-refractivity contribution in [2.24, 2.45) is 19.2 Å². The highest BCUT2D eigenvalue weighted by Gasteiger charge is 2.06. The number of nitrogens with zero attached hydrogens (tertiary/aromatic N) is 9. The quantitative estimate of drug-likeness (QED) is 0.182. The number of aryl methyl sites for hydroxylation is 2. The van der Waals surface area contributed by atoms with Crippen molar-refractivity contribution in [3.8, 4) is 21.1 Å². The summed E-state index contributed by atoms with van der Waals surface area (Å²) in [5.41, 5.74) is 11.2. The number of aromatic nitrogens is 6. The van der Waals surface area contributed by atoms with Crippen molar-refractivity contribution in [1.29, 1.82) is 0 Å². The Morgan fingerprint density at radius 2 is 1.47 bits per heavy atom. The van der Waals surface area contributed by atoms with Gasteiger partial charge in [-0.1, -0.05) is 0 Å². The van der Waals surface area contributed by atoms with Crippen LogP contribution in [0.2, 0.25) is 0 Å². The molecule has 0 unspecified atom stereocenters. The third kappa shape index (κ3) is 7.06. The Hall–Kier alpha value is -4.39. The minimum Gasteiger partial charge on any atom is -0.478 e. The van der Waals surface area contributed by atoms with Gasteiger partial charge in [-0.15, -0.1) is 22.7 Å². The molecular weight excluding hydrogens is 478 g/mol. The lowest BCUT2D eigenvalue weighted by Crippen LogP contribution is -1.85. The van der Waals surface area contributed by atoms with Gasteiger partial charge in [0.15, 0.2) is 0 Å². The van der Waals surface area contributed by atoms with Gasteiger partial charge in [-0.25, -0.2) is 14.8 Å². The van der Waals surface area contributed by atoms with Gasteiger partial charge in [-0.2, -0.15) is 10.2 Å². The fourth-order valence-electron chi connectivity index (χ4n) is 2.44. The largest absolute Gasteiger partial charge is 0.478 e. The van der Waals surface area contributed by atoms with E-state index in [2.05, 4.69) is 30.2 Å². The maximum atomic E-state index is 11.0. The summed E-state index contributed by atoms with van der Waals surface area (Å²) < 4.78 is 3.39. The summed E-state index contributed by atoms with van der Waals surface area (Å²) in [6.07, 6.45) is 12.4. The predicted molar refractivity (Wildman–Crippen MR) is 128 cm³/mol. The third-order valence-electron chi connectivity index (χ3n) is 3.88. The molecule has 34 heavy (non-hydrogen) atoms. The van der Waals surface area contributed by atoms with Crippen LogP contribution in [0.5, 0.6) is 0 Å². The highest BCUT2D eigenvalue weighted by atomic mass is 32.1. The van der Waals surface area contributed by atoms with Gasteiger partial charge in [0.25, 0.3) is 0 Å². The van der Waals surface area contributed by atoms with Crippen molar-refractivity contribution in [3.63, 3.8) is 0 Å². The van der Waals surface area contributed by atoms with E-state index >= 15 is 0 Å². The molecule has 0 spiro atoms. The molecule has 0 bridgehead atoms. The summed E-state index contributed by atoms with van der Waals surface area (Å²) in [5, 5.41) is 24.8. The van der Waals surface area contributed by atoms with Crippen LogP contribution in [0, 0.1) is 0 Å². The van der Waals surface area contributed by atoms with Crippen LogP contribution in [0.1, 0.15) is 11.4 Å². The first-order valence-electron chi connectivity index (χ1n) is 9.41. The van der Waals surface area contributed by atoms with Crippen LogP contribution in [0.3, 0.4) is 0 Å². The zero-order chi connectivity index (χ0) is 24.5. The van der Waals surface area contributed by atoms with E-state index in [4.69, 9.17) is 10.6 Å². The molecule has 0 radical (unpaired) electrons. The number of hydrogen-bond acceptors (Lipinski definition) is 8. The van der Waals surface area contributed by atoms with Gasteiger partial charge >= 0.3 is 5.97 Å². The maximum absolute atomic E-state index is 11.0. The smallest absolute Gasteiger partial charge is 0.328 e. The van der Waals surface area contributed by atoms with Crippen molar-refractivity contribution in [3.05, 3.63) is 69.5 Å². The van der Waals surface area contributed by atoms with Crippen molar-refractivity contribution in [2.45, 2.75) is 0 Å². The average Bonchev–Trinajstić information content (AvgIpc) is 3.59. The molecule has 4 rings (SSSR count). The number of hydrogen-bond donors (Lipinski definition) is 1. The standard InChI is InChI=1S/C10H8N6OS.C10H9N3O2S/c1-16-5-7(4-12-16)10-13-8(6-18-10)2-3-9(17)14-15-11;1-13-5-7(4-11-13)10-12-8(6-16-10)2-3-9(14)15/h2-6H,1H3;2-6H,1H3,(H,14,15)/b2*3-2+. The number of carbonyl (C=O) groups is 2. The summed E-state index contributed by atoms with van der Waals surface area (Å²) in [5.74, 6) is -1.62. The van der Waals surface area contributed by atoms with Crippen LogP contribution >= 0.6 is 22.7 Å². The first-order chi connectivity index (χ1) is 16.3. The normalized spacial score (nSPS) is 10.8. The molecule has 1 amide bonds. The van der Waals surface area contributed by atoms with Gasteiger partial charge in [-0.05, 0) is 28.9 Å². The van der Waals surface area contributed by atoms with Crippen LogP contribution in [0.4, 0.5) is 0 Å². The molecule has 0 aliphatic rings. The fraction of sp³-hybridized carbons (Fsp3) is 0.100. The molecule has 0 aliphatic carbocycles. The first kappa shape index (κ1) is 24.3. The van der Waals surface area contributed by atoms with Crippen LogP contribution in [-0.4, -0.2) is 46.5 Å². The van der Waals surface area contributed by atoms with Gasteiger partial charge in [-0.3, -0.25) is 14.2 Å². The number of azide groups is 1. The van der Waals surface area contributed by atoms with Crippen LogP contribution < -0.4 is 0 Å². The monoisotopic (exact) mass is 495 g/mol. The van der Waals surface area contributed by atoms with Crippen LogP contribution in [0.15, 0.2) is 52.8 Å². The van der Waals surface area contributed by atoms with Gasteiger partial charge in [0.05, 0.1) is 23.8 Å². The Morgan fingerprint density at radius 1 is 0.971 bits per heavy atom. The Kier molecular flexibility index (Phi) is 8.18. The van der Waals surface area contributed by atoms with Gasteiger partial charge < -0.3 is 5.11 Å².